The Morgan fingerprint density at radius 1 is 1.19 bits per heavy atom. The second kappa shape index (κ2) is 6.90. The fraction of sp³-hybridized carbons (Fsp3) is 0.105. The summed E-state index contributed by atoms with van der Waals surface area (Å²) < 4.78 is 10.8. The number of benzene rings is 2. The van der Waals surface area contributed by atoms with Crippen molar-refractivity contribution in [2.45, 2.75) is 13.1 Å². The van der Waals surface area contributed by atoms with Crippen LogP contribution in [0.25, 0.3) is 0 Å². The largest absolute Gasteiger partial charge is 0.512 e. The first-order valence-corrected chi connectivity index (χ1v) is 9.08. The normalized spacial score (nSPS) is 12.6. The SMILES string of the molecule is O=C(O)Oc1ccc(CN2Cc3ccccc3Oc3ccc(Cl)cc32)s1. The molecule has 2 aromatic carbocycles. The quantitative estimate of drug-likeness (QED) is 0.578. The van der Waals surface area contributed by atoms with Crippen LogP contribution in [0, 0.1) is 0 Å². The molecule has 0 spiro atoms. The van der Waals surface area contributed by atoms with E-state index in [2.05, 4.69) is 4.90 Å². The van der Waals surface area contributed by atoms with Gasteiger partial charge in [-0.2, -0.15) is 0 Å². The van der Waals surface area contributed by atoms with Crippen molar-refractivity contribution in [2.75, 3.05) is 4.90 Å². The summed E-state index contributed by atoms with van der Waals surface area (Å²) >= 11 is 7.51. The number of carboxylic acid groups (broad SMARTS) is 1. The van der Waals surface area contributed by atoms with Crippen LogP contribution >= 0.6 is 22.9 Å². The molecule has 0 fully saturated rings. The van der Waals surface area contributed by atoms with Crippen molar-refractivity contribution in [3.05, 3.63) is 70.1 Å². The predicted octanol–water partition coefficient (Wildman–Crippen LogP) is 5.77. The number of fused-ring (bicyclic) bond motifs is 2. The maximum Gasteiger partial charge on any atom is 0.512 e. The van der Waals surface area contributed by atoms with Crippen molar-refractivity contribution in [3.63, 3.8) is 0 Å². The van der Waals surface area contributed by atoms with E-state index in [0.29, 0.717) is 23.2 Å². The Morgan fingerprint density at radius 2 is 2.04 bits per heavy atom. The predicted molar refractivity (Wildman–Crippen MR) is 101 cm³/mol. The molecule has 2 heterocycles. The Labute approximate surface area is 159 Å². The molecule has 7 heteroatoms. The average molecular weight is 388 g/mol. The van der Waals surface area contributed by atoms with Gasteiger partial charge in [0, 0.05) is 22.0 Å². The number of rotatable bonds is 3. The van der Waals surface area contributed by atoms with Gasteiger partial charge in [0.25, 0.3) is 0 Å². The molecule has 1 aliphatic rings. The molecule has 0 aliphatic carbocycles. The Balaban J connectivity index is 1.69. The van der Waals surface area contributed by atoms with Gasteiger partial charge in [0.15, 0.2) is 10.8 Å². The molecule has 1 N–H and O–H groups in total. The zero-order chi connectivity index (χ0) is 18.1. The minimum atomic E-state index is -1.31. The summed E-state index contributed by atoms with van der Waals surface area (Å²) in [4.78, 5) is 13.8. The number of halogens is 1. The van der Waals surface area contributed by atoms with Crippen LogP contribution in [0.4, 0.5) is 10.5 Å². The van der Waals surface area contributed by atoms with Crippen molar-refractivity contribution in [1.82, 2.24) is 0 Å². The number of para-hydroxylation sites is 1. The molecular formula is C19H14ClNO4S. The second-order valence-corrected chi connectivity index (χ2v) is 7.33. The summed E-state index contributed by atoms with van der Waals surface area (Å²) in [6.45, 7) is 1.23. The Morgan fingerprint density at radius 3 is 2.88 bits per heavy atom. The van der Waals surface area contributed by atoms with Gasteiger partial charge in [-0.25, -0.2) is 4.79 Å². The van der Waals surface area contributed by atoms with Crippen molar-refractivity contribution in [1.29, 1.82) is 0 Å². The monoisotopic (exact) mass is 387 g/mol. The maximum absolute atomic E-state index is 10.7. The fourth-order valence-electron chi connectivity index (χ4n) is 2.88. The van der Waals surface area contributed by atoms with E-state index in [0.717, 1.165) is 27.6 Å². The van der Waals surface area contributed by atoms with Crippen LogP contribution in [0.2, 0.25) is 5.02 Å². The van der Waals surface area contributed by atoms with Gasteiger partial charge in [-0.05, 0) is 36.4 Å². The van der Waals surface area contributed by atoms with Gasteiger partial charge < -0.3 is 19.5 Å². The average Bonchev–Trinajstić information content (AvgIpc) is 2.96. The Kier molecular flexibility index (Phi) is 4.44. The third-order valence-electron chi connectivity index (χ3n) is 3.99. The van der Waals surface area contributed by atoms with Crippen LogP contribution in [-0.4, -0.2) is 11.3 Å². The molecule has 0 unspecified atom stereocenters. The van der Waals surface area contributed by atoms with Crippen LogP contribution < -0.4 is 14.4 Å². The summed E-state index contributed by atoms with van der Waals surface area (Å²) in [5.74, 6) is 1.55. The summed E-state index contributed by atoms with van der Waals surface area (Å²) in [5.41, 5.74) is 1.96. The molecule has 26 heavy (non-hydrogen) atoms. The zero-order valence-electron chi connectivity index (χ0n) is 13.5. The van der Waals surface area contributed by atoms with Gasteiger partial charge in [-0.3, -0.25) is 0 Å². The van der Waals surface area contributed by atoms with Gasteiger partial charge in [-0.15, -0.1) is 11.3 Å². The van der Waals surface area contributed by atoms with E-state index in [1.54, 1.807) is 12.1 Å². The van der Waals surface area contributed by atoms with Gasteiger partial charge >= 0.3 is 6.16 Å². The molecule has 1 aliphatic heterocycles. The number of ether oxygens (including phenoxy) is 2. The molecule has 1 aromatic heterocycles. The fourth-order valence-corrected chi connectivity index (χ4v) is 3.91. The van der Waals surface area contributed by atoms with Crippen molar-refractivity contribution >= 4 is 34.8 Å². The molecule has 0 atom stereocenters. The van der Waals surface area contributed by atoms with Crippen LogP contribution in [0.15, 0.2) is 54.6 Å². The Hall–Kier alpha value is -2.70. The minimum absolute atomic E-state index is 0.352. The van der Waals surface area contributed by atoms with Crippen molar-refractivity contribution in [2.24, 2.45) is 0 Å². The topological polar surface area (TPSA) is 59.0 Å². The minimum Gasteiger partial charge on any atom is -0.455 e. The van der Waals surface area contributed by atoms with Crippen LogP contribution in [-0.2, 0) is 13.1 Å². The number of anilines is 1. The lowest BCUT2D eigenvalue weighted by Crippen LogP contribution is -2.20. The number of thiophene rings is 1. The highest BCUT2D eigenvalue weighted by atomic mass is 35.5. The first-order chi connectivity index (χ1) is 12.6. The zero-order valence-corrected chi connectivity index (χ0v) is 15.1. The number of carbonyl (C=O) groups is 1. The lowest BCUT2D eigenvalue weighted by molar-refractivity contribution is 0.146. The number of hydrogen-bond acceptors (Lipinski definition) is 5. The first-order valence-electron chi connectivity index (χ1n) is 7.88. The molecule has 132 valence electrons. The maximum atomic E-state index is 10.7. The lowest BCUT2D eigenvalue weighted by atomic mass is 10.2. The van der Waals surface area contributed by atoms with Gasteiger partial charge in [-0.1, -0.05) is 29.8 Å². The standard InChI is InChI=1S/C19H14ClNO4S/c20-13-5-7-17-15(9-13)21(10-12-3-1-2-4-16(12)24-17)11-14-6-8-18(26-14)25-19(22)23/h1-9H,10-11H2,(H,22,23). The van der Waals surface area contributed by atoms with Gasteiger partial charge in [0.05, 0.1) is 12.2 Å². The summed E-state index contributed by atoms with van der Waals surface area (Å²) in [6.07, 6.45) is -1.31. The number of hydrogen-bond donors (Lipinski definition) is 1. The van der Waals surface area contributed by atoms with E-state index in [1.807, 2.05) is 42.5 Å². The van der Waals surface area contributed by atoms with Crippen LogP contribution in [0.3, 0.4) is 0 Å². The number of nitrogens with zero attached hydrogens (tertiary/aromatic N) is 1. The Bertz CT molecular complexity index is 972. The summed E-state index contributed by atoms with van der Waals surface area (Å²) in [7, 11) is 0. The smallest absolute Gasteiger partial charge is 0.455 e. The molecule has 0 saturated carbocycles. The molecule has 0 radical (unpaired) electrons. The van der Waals surface area contributed by atoms with E-state index in [9.17, 15) is 4.79 Å². The van der Waals surface area contributed by atoms with Gasteiger partial charge in [0.2, 0.25) is 0 Å². The van der Waals surface area contributed by atoms with Gasteiger partial charge in [0.1, 0.15) is 5.75 Å². The highest BCUT2D eigenvalue weighted by Crippen LogP contribution is 2.41. The van der Waals surface area contributed by atoms with E-state index in [1.165, 1.54) is 11.3 Å². The van der Waals surface area contributed by atoms with E-state index in [4.69, 9.17) is 26.2 Å². The third-order valence-corrected chi connectivity index (χ3v) is 5.17. The van der Waals surface area contributed by atoms with E-state index in [-0.39, 0.29) is 0 Å². The molecule has 4 rings (SSSR count). The van der Waals surface area contributed by atoms with Crippen LogP contribution in [0.5, 0.6) is 16.6 Å². The van der Waals surface area contributed by atoms with Crippen molar-refractivity contribution in [3.8, 4) is 16.6 Å². The lowest BCUT2D eigenvalue weighted by Gasteiger charge is -2.23. The third kappa shape index (κ3) is 3.47. The van der Waals surface area contributed by atoms with E-state index >= 15 is 0 Å². The van der Waals surface area contributed by atoms with Crippen LogP contribution in [0.1, 0.15) is 10.4 Å². The van der Waals surface area contributed by atoms with Crippen molar-refractivity contribution < 1.29 is 19.4 Å². The molecule has 0 saturated heterocycles. The highest BCUT2D eigenvalue weighted by Gasteiger charge is 2.21. The highest BCUT2D eigenvalue weighted by molar-refractivity contribution is 7.13. The molecule has 5 nitrogen and oxygen atoms in total. The van der Waals surface area contributed by atoms with E-state index < -0.39 is 6.16 Å². The molecule has 0 amide bonds. The second-order valence-electron chi connectivity index (χ2n) is 5.77. The molecular weight excluding hydrogens is 374 g/mol. The molecule has 3 aromatic rings. The molecule has 0 bridgehead atoms. The first kappa shape index (κ1) is 16.8. The summed E-state index contributed by atoms with van der Waals surface area (Å²) in [6, 6.07) is 17.0. The summed E-state index contributed by atoms with van der Waals surface area (Å²) in [5, 5.41) is 9.73.